The van der Waals surface area contributed by atoms with Gasteiger partial charge >= 0.3 is 12.1 Å². The van der Waals surface area contributed by atoms with Gasteiger partial charge in [-0.25, -0.2) is 9.59 Å². The van der Waals surface area contributed by atoms with Gasteiger partial charge in [-0.3, -0.25) is 20.2 Å². The number of imide groups is 2. The number of benzene rings is 4. The normalized spacial score (nSPS) is 26.8. The molecule has 9 nitrogen and oxygen atoms in total. The van der Waals surface area contributed by atoms with Crippen LogP contribution in [0.5, 0.6) is 5.75 Å². The molecule has 2 spiro atoms. The van der Waals surface area contributed by atoms with Crippen LogP contribution in [0.1, 0.15) is 51.6 Å². The van der Waals surface area contributed by atoms with Crippen LogP contribution < -0.4 is 26.0 Å². The maximum atomic E-state index is 13.4. The molecule has 210 valence electrons. The molecule has 3 aliphatic carbocycles. The first-order chi connectivity index (χ1) is 20.9. The summed E-state index contributed by atoms with van der Waals surface area (Å²) in [5.74, 6) is 0.223. The average Bonchev–Trinajstić information content (AvgIpc) is 3.47. The number of rotatable bonds is 3. The Balaban J connectivity index is 1.12. The van der Waals surface area contributed by atoms with E-state index < -0.39 is 29.0 Å². The first kappa shape index (κ1) is 24.2. The van der Waals surface area contributed by atoms with Crippen LogP contribution >= 0.6 is 0 Å². The molecule has 2 saturated heterocycles. The number of methoxy groups -OCH3 is 1. The predicted octanol–water partition coefficient (Wildman–Crippen LogP) is 4.09. The zero-order valence-corrected chi connectivity index (χ0v) is 22.9. The molecule has 0 bridgehead atoms. The van der Waals surface area contributed by atoms with Gasteiger partial charge in [0.2, 0.25) is 0 Å². The third kappa shape index (κ3) is 2.86. The van der Waals surface area contributed by atoms with Gasteiger partial charge in [0.1, 0.15) is 5.75 Å². The third-order valence-electron chi connectivity index (χ3n) is 9.82. The molecule has 0 aromatic heterocycles. The monoisotopic (exact) mass is 568 g/mol. The number of nitrogens with one attached hydrogen (secondary N) is 4. The number of carbonyl (C=O) groups excluding carboxylic acids is 4. The van der Waals surface area contributed by atoms with Crippen LogP contribution in [-0.4, -0.2) is 31.0 Å². The van der Waals surface area contributed by atoms with Gasteiger partial charge in [-0.1, -0.05) is 72.8 Å². The van der Waals surface area contributed by atoms with Crippen LogP contribution in [0.25, 0.3) is 22.3 Å². The van der Waals surface area contributed by atoms with E-state index in [9.17, 15) is 19.2 Å². The van der Waals surface area contributed by atoms with Gasteiger partial charge in [0.05, 0.1) is 7.11 Å². The number of carbonyl (C=O) groups is 4. The second-order valence-electron chi connectivity index (χ2n) is 11.8. The molecule has 1 saturated carbocycles. The minimum atomic E-state index is -1.32. The molecule has 43 heavy (non-hydrogen) atoms. The van der Waals surface area contributed by atoms with Gasteiger partial charge in [-0.2, -0.15) is 0 Å². The highest BCUT2D eigenvalue weighted by Crippen LogP contribution is 2.59. The fourth-order valence-electron chi connectivity index (χ4n) is 7.89. The lowest BCUT2D eigenvalue weighted by atomic mass is 9.85. The Bertz CT molecular complexity index is 2020. The Labute approximate surface area is 245 Å². The Kier molecular flexibility index (Phi) is 4.44. The summed E-state index contributed by atoms with van der Waals surface area (Å²) in [4.78, 5) is 51.5. The summed E-state index contributed by atoms with van der Waals surface area (Å²) in [5.41, 5.74) is 6.07. The maximum absolute atomic E-state index is 13.4. The lowest BCUT2D eigenvalue weighted by Crippen LogP contribution is -2.43. The molecular weight excluding hydrogens is 544 g/mol. The Morgan fingerprint density at radius 1 is 0.628 bits per heavy atom. The molecular formula is C34H24N4O5. The van der Waals surface area contributed by atoms with E-state index >= 15 is 0 Å². The molecule has 2 aliphatic heterocycles. The second-order valence-corrected chi connectivity index (χ2v) is 11.8. The van der Waals surface area contributed by atoms with Crippen molar-refractivity contribution >= 4 is 23.9 Å². The van der Waals surface area contributed by atoms with Crippen molar-refractivity contribution in [3.8, 4) is 28.0 Å². The van der Waals surface area contributed by atoms with E-state index in [1.54, 1.807) is 7.11 Å². The highest BCUT2D eigenvalue weighted by Gasteiger charge is 2.57. The van der Waals surface area contributed by atoms with Crippen LogP contribution in [-0.2, 0) is 20.7 Å². The van der Waals surface area contributed by atoms with E-state index in [4.69, 9.17) is 4.74 Å². The van der Waals surface area contributed by atoms with Crippen molar-refractivity contribution in [2.75, 3.05) is 7.11 Å². The summed E-state index contributed by atoms with van der Waals surface area (Å²) in [6.07, 6.45) is 0.887. The molecule has 9 heteroatoms. The van der Waals surface area contributed by atoms with Crippen molar-refractivity contribution in [2.45, 2.75) is 29.3 Å². The second kappa shape index (κ2) is 7.89. The topological polar surface area (TPSA) is 126 Å². The third-order valence-corrected chi connectivity index (χ3v) is 9.82. The van der Waals surface area contributed by atoms with Gasteiger partial charge in [-0.15, -0.1) is 0 Å². The number of fused-ring (bicyclic) bond motifs is 10. The Morgan fingerprint density at radius 2 is 1.19 bits per heavy atom. The number of hydrogen-bond donors (Lipinski definition) is 4. The minimum Gasteiger partial charge on any atom is -0.496 e. The van der Waals surface area contributed by atoms with Crippen molar-refractivity contribution in [2.24, 2.45) is 0 Å². The quantitative estimate of drug-likeness (QED) is 0.277. The van der Waals surface area contributed by atoms with Crippen molar-refractivity contribution < 1.29 is 23.9 Å². The summed E-state index contributed by atoms with van der Waals surface area (Å²) < 4.78 is 5.66. The largest absolute Gasteiger partial charge is 0.496 e. The van der Waals surface area contributed by atoms with Crippen molar-refractivity contribution in [3.63, 3.8) is 0 Å². The molecule has 4 atom stereocenters. The Morgan fingerprint density at radius 3 is 1.81 bits per heavy atom. The van der Waals surface area contributed by atoms with Crippen LogP contribution in [0.15, 0.2) is 78.9 Å². The molecule has 3 unspecified atom stereocenters. The average molecular weight is 569 g/mol. The van der Waals surface area contributed by atoms with Crippen LogP contribution in [0.2, 0.25) is 0 Å². The molecule has 2 heterocycles. The van der Waals surface area contributed by atoms with E-state index in [0.717, 1.165) is 56.5 Å². The molecule has 3 fully saturated rings. The summed E-state index contributed by atoms with van der Waals surface area (Å²) >= 11 is 0. The SMILES string of the molecule is COc1cccc2c1-c1ccc(C3CC3c3ccc4c(c3)[C@@]3(NC(=O)NC3=O)c3ccccc3-4)cc1C21NC(=O)NC1=O. The van der Waals surface area contributed by atoms with E-state index in [0.29, 0.717) is 11.3 Å². The zero-order chi connectivity index (χ0) is 29.2. The smallest absolute Gasteiger partial charge is 0.322 e. The number of ether oxygens (including phenoxy) is 1. The molecule has 4 aromatic rings. The predicted molar refractivity (Wildman–Crippen MR) is 155 cm³/mol. The summed E-state index contributed by atoms with van der Waals surface area (Å²) in [6.45, 7) is 0. The van der Waals surface area contributed by atoms with Crippen molar-refractivity contribution in [1.82, 2.24) is 21.3 Å². The summed E-state index contributed by atoms with van der Waals surface area (Å²) in [7, 11) is 1.59. The van der Waals surface area contributed by atoms with Crippen LogP contribution in [0, 0.1) is 0 Å². The molecule has 0 radical (unpaired) electrons. The Hall–Kier alpha value is -5.44. The minimum absolute atomic E-state index is 0.179. The lowest BCUT2D eigenvalue weighted by molar-refractivity contribution is -0.123. The highest BCUT2D eigenvalue weighted by atomic mass is 16.5. The number of urea groups is 2. The first-order valence-electron chi connectivity index (χ1n) is 14.2. The standard InChI is InChI=1S/C34H24N4O5/c1-43-27-8-4-7-24-28(27)20-12-10-17(14-26(20)34(24)30(40)36-32(42)38-34)22-15-21(22)16-9-11-19-18-5-2-3-6-23(18)33(25(19)13-16)29(39)35-31(41)37-33/h2-14,21-22H,15H2,1H3,(H2,35,37,39,41)(H2,36,38,40,42)/t21?,22?,33-,34?/m0/s1. The maximum Gasteiger partial charge on any atom is 0.322 e. The molecule has 4 aromatic carbocycles. The van der Waals surface area contributed by atoms with E-state index in [1.807, 2.05) is 60.7 Å². The fourth-order valence-corrected chi connectivity index (χ4v) is 7.89. The van der Waals surface area contributed by atoms with Gasteiger partial charge in [-0.05, 0) is 68.8 Å². The molecule has 4 N–H and O–H groups in total. The zero-order valence-electron chi connectivity index (χ0n) is 22.9. The van der Waals surface area contributed by atoms with E-state index in [1.165, 1.54) is 0 Å². The van der Waals surface area contributed by atoms with Crippen molar-refractivity contribution in [1.29, 1.82) is 0 Å². The van der Waals surface area contributed by atoms with Crippen molar-refractivity contribution in [3.05, 3.63) is 112 Å². The molecule has 9 rings (SSSR count). The van der Waals surface area contributed by atoms with E-state index in [-0.39, 0.29) is 17.7 Å². The van der Waals surface area contributed by atoms with E-state index in [2.05, 4.69) is 39.5 Å². The highest BCUT2D eigenvalue weighted by molar-refractivity contribution is 6.14. The van der Waals surface area contributed by atoms with Crippen LogP contribution in [0.4, 0.5) is 9.59 Å². The fraction of sp³-hybridized carbons (Fsp3) is 0.176. The summed E-state index contributed by atoms with van der Waals surface area (Å²) in [6, 6.07) is 24.5. The van der Waals surface area contributed by atoms with Gasteiger partial charge in [0.25, 0.3) is 11.8 Å². The first-order valence-corrected chi connectivity index (χ1v) is 14.2. The van der Waals surface area contributed by atoms with Gasteiger partial charge < -0.3 is 15.4 Å². The van der Waals surface area contributed by atoms with Crippen LogP contribution in [0.3, 0.4) is 0 Å². The lowest BCUT2D eigenvalue weighted by Gasteiger charge is -2.24. The van der Waals surface area contributed by atoms with Gasteiger partial charge in [0.15, 0.2) is 11.1 Å². The van der Waals surface area contributed by atoms with Gasteiger partial charge in [0, 0.05) is 11.1 Å². The number of hydrogen-bond acceptors (Lipinski definition) is 5. The molecule has 5 aliphatic rings. The number of amides is 6. The molecule has 6 amide bonds. The summed E-state index contributed by atoms with van der Waals surface area (Å²) in [5, 5.41) is 10.7.